The summed E-state index contributed by atoms with van der Waals surface area (Å²) in [6.45, 7) is 4.33. The van der Waals surface area contributed by atoms with Crippen molar-refractivity contribution >= 4 is 11.4 Å². The lowest BCUT2D eigenvalue weighted by atomic mass is 9.68. The molecule has 0 radical (unpaired) electrons. The summed E-state index contributed by atoms with van der Waals surface area (Å²) in [6.07, 6.45) is 3.85. The van der Waals surface area contributed by atoms with Crippen molar-refractivity contribution in [1.82, 2.24) is 0 Å². The van der Waals surface area contributed by atoms with Crippen LogP contribution in [0, 0.1) is 0 Å². The third kappa shape index (κ3) is 5.30. The number of nitrogens with two attached hydrogens (primary N) is 2. The van der Waals surface area contributed by atoms with Gasteiger partial charge in [-0.15, -0.1) is 0 Å². The van der Waals surface area contributed by atoms with Gasteiger partial charge in [-0.1, -0.05) is 124 Å². The highest BCUT2D eigenvalue weighted by Crippen LogP contribution is 2.56. The molecule has 0 atom stereocenters. The van der Waals surface area contributed by atoms with Gasteiger partial charge in [0.25, 0.3) is 0 Å². The Hall–Kier alpha value is -5.48. The molecular formula is C43H40N2O2. The topological polar surface area (TPSA) is 70.5 Å². The third-order valence-corrected chi connectivity index (χ3v) is 9.26. The second kappa shape index (κ2) is 12.7. The summed E-state index contributed by atoms with van der Waals surface area (Å²) in [5, 5.41) is 0. The van der Waals surface area contributed by atoms with Gasteiger partial charge in [0.05, 0.1) is 16.8 Å². The molecule has 4 heteroatoms. The molecule has 4 N–H and O–H groups in total. The molecule has 0 saturated heterocycles. The van der Waals surface area contributed by atoms with Gasteiger partial charge in [-0.25, -0.2) is 0 Å². The Labute approximate surface area is 277 Å². The van der Waals surface area contributed by atoms with Gasteiger partial charge in [0.1, 0.15) is 11.5 Å². The Bertz CT molecular complexity index is 1880. The van der Waals surface area contributed by atoms with Crippen LogP contribution >= 0.6 is 0 Å². The zero-order chi connectivity index (χ0) is 32.4. The average Bonchev–Trinajstić information content (AvgIpc) is 3.40. The van der Waals surface area contributed by atoms with Crippen LogP contribution in [-0.4, -0.2) is 0 Å². The third-order valence-electron chi connectivity index (χ3n) is 9.26. The van der Waals surface area contributed by atoms with Crippen LogP contribution in [0.25, 0.3) is 11.1 Å². The van der Waals surface area contributed by atoms with Gasteiger partial charge in [0.2, 0.25) is 0 Å². The Kier molecular flexibility index (Phi) is 8.17. The second-order valence-electron chi connectivity index (χ2n) is 12.3. The minimum Gasteiger partial charge on any atom is -0.455 e. The number of benzene rings is 6. The lowest BCUT2D eigenvalue weighted by Crippen LogP contribution is -2.28. The van der Waals surface area contributed by atoms with E-state index in [-0.39, 0.29) is 0 Å². The fourth-order valence-corrected chi connectivity index (χ4v) is 7.20. The predicted molar refractivity (Wildman–Crippen MR) is 194 cm³/mol. The Morgan fingerprint density at radius 3 is 1.28 bits per heavy atom. The molecule has 7 rings (SSSR count). The fourth-order valence-electron chi connectivity index (χ4n) is 7.20. The van der Waals surface area contributed by atoms with E-state index < -0.39 is 5.41 Å². The molecule has 0 spiro atoms. The molecule has 1 aliphatic carbocycles. The predicted octanol–water partition coefficient (Wildman–Crippen LogP) is 10.7. The maximum absolute atomic E-state index is 6.45. The molecule has 0 saturated carbocycles. The first-order valence-electron chi connectivity index (χ1n) is 16.6. The maximum atomic E-state index is 6.45. The van der Waals surface area contributed by atoms with E-state index in [4.69, 9.17) is 20.9 Å². The van der Waals surface area contributed by atoms with E-state index in [1.165, 1.54) is 22.3 Å². The molecule has 0 fully saturated rings. The van der Waals surface area contributed by atoms with Crippen LogP contribution in [-0.2, 0) is 18.3 Å². The molecule has 47 heavy (non-hydrogen) atoms. The van der Waals surface area contributed by atoms with E-state index in [0.29, 0.717) is 11.4 Å². The minimum atomic E-state index is -0.539. The smallest absolute Gasteiger partial charge is 0.153 e. The zero-order valence-corrected chi connectivity index (χ0v) is 27.0. The molecule has 1 aliphatic rings. The number of para-hydroxylation sites is 2. The van der Waals surface area contributed by atoms with Crippen molar-refractivity contribution in [2.24, 2.45) is 0 Å². The van der Waals surface area contributed by atoms with Crippen LogP contribution in [0.4, 0.5) is 11.4 Å². The van der Waals surface area contributed by atoms with Crippen molar-refractivity contribution in [2.45, 2.75) is 44.9 Å². The van der Waals surface area contributed by atoms with Crippen molar-refractivity contribution in [3.05, 3.63) is 167 Å². The van der Waals surface area contributed by atoms with Crippen molar-refractivity contribution in [3.8, 4) is 34.1 Å². The van der Waals surface area contributed by atoms with E-state index in [0.717, 1.165) is 70.9 Å². The Morgan fingerprint density at radius 2 is 0.872 bits per heavy atom. The lowest BCUT2D eigenvalue weighted by molar-refractivity contribution is 0.477. The van der Waals surface area contributed by atoms with E-state index in [1.54, 1.807) is 0 Å². The standard InChI is InChI=1S/C43H40N2O2/c1-3-11-29-13-9-19-39(44)41(29)46-33-25-21-31(22-26-33)43(37-17-7-5-15-35(37)36-16-6-8-18-38(36)43)32-23-27-34(28-24-32)47-42-30(12-4-2)14-10-20-40(42)45/h5-10,13-28H,3-4,11-12,44-45H2,1-2H3. The molecule has 6 aromatic rings. The molecule has 4 nitrogen and oxygen atoms in total. The second-order valence-corrected chi connectivity index (χ2v) is 12.3. The fraction of sp³-hybridized carbons (Fsp3) is 0.163. The Morgan fingerprint density at radius 1 is 0.468 bits per heavy atom. The van der Waals surface area contributed by atoms with Gasteiger partial charge in [-0.3, -0.25) is 0 Å². The van der Waals surface area contributed by atoms with Crippen molar-refractivity contribution in [3.63, 3.8) is 0 Å². The summed E-state index contributed by atoms with van der Waals surface area (Å²) in [5.41, 5.74) is 23.1. The molecule has 0 amide bonds. The van der Waals surface area contributed by atoms with Gasteiger partial charge in [-0.05, 0) is 93.7 Å². The summed E-state index contributed by atoms with van der Waals surface area (Å²) in [5.74, 6) is 2.99. The van der Waals surface area contributed by atoms with Gasteiger partial charge >= 0.3 is 0 Å². The summed E-state index contributed by atoms with van der Waals surface area (Å²) >= 11 is 0. The number of anilines is 2. The highest BCUT2D eigenvalue weighted by atomic mass is 16.5. The van der Waals surface area contributed by atoms with Gasteiger partial charge in [0.15, 0.2) is 11.5 Å². The van der Waals surface area contributed by atoms with Gasteiger partial charge in [0, 0.05) is 0 Å². The van der Waals surface area contributed by atoms with Crippen LogP contribution in [0.5, 0.6) is 23.0 Å². The number of aryl methyl sites for hydroxylation is 2. The normalized spacial score (nSPS) is 12.7. The molecule has 0 aromatic heterocycles. The molecule has 6 aromatic carbocycles. The number of hydrogen-bond acceptors (Lipinski definition) is 4. The summed E-state index contributed by atoms with van der Waals surface area (Å²) < 4.78 is 12.9. The summed E-state index contributed by atoms with van der Waals surface area (Å²) in [7, 11) is 0. The van der Waals surface area contributed by atoms with E-state index in [2.05, 4.69) is 123 Å². The quantitative estimate of drug-likeness (QED) is 0.150. The van der Waals surface area contributed by atoms with Crippen molar-refractivity contribution in [1.29, 1.82) is 0 Å². The highest BCUT2D eigenvalue weighted by Gasteiger charge is 2.45. The van der Waals surface area contributed by atoms with E-state index in [9.17, 15) is 0 Å². The minimum absolute atomic E-state index is 0.539. The molecule has 0 bridgehead atoms. The number of fused-ring (bicyclic) bond motifs is 3. The number of hydrogen-bond donors (Lipinski definition) is 2. The van der Waals surface area contributed by atoms with Crippen LogP contribution in [0.1, 0.15) is 60.1 Å². The summed E-state index contributed by atoms with van der Waals surface area (Å²) in [6, 6.07) is 46.5. The largest absolute Gasteiger partial charge is 0.455 e. The first-order valence-corrected chi connectivity index (χ1v) is 16.6. The number of nitrogen functional groups attached to an aromatic ring is 2. The highest BCUT2D eigenvalue weighted by molar-refractivity contribution is 5.86. The SMILES string of the molecule is CCCc1cccc(N)c1Oc1ccc(C2(c3ccc(Oc4c(N)cccc4CCC)cc3)c3ccccc3-c3ccccc32)cc1. The summed E-state index contributed by atoms with van der Waals surface area (Å²) in [4.78, 5) is 0. The van der Waals surface area contributed by atoms with Crippen molar-refractivity contribution in [2.75, 3.05) is 11.5 Å². The maximum Gasteiger partial charge on any atom is 0.153 e. The monoisotopic (exact) mass is 616 g/mol. The van der Waals surface area contributed by atoms with Crippen LogP contribution in [0.15, 0.2) is 133 Å². The number of rotatable bonds is 10. The van der Waals surface area contributed by atoms with Crippen LogP contribution in [0.2, 0.25) is 0 Å². The van der Waals surface area contributed by atoms with Crippen LogP contribution < -0.4 is 20.9 Å². The average molecular weight is 617 g/mol. The molecule has 0 unspecified atom stereocenters. The van der Waals surface area contributed by atoms with E-state index >= 15 is 0 Å². The van der Waals surface area contributed by atoms with Crippen LogP contribution in [0.3, 0.4) is 0 Å². The first-order chi connectivity index (χ1) is 23.0. The molecule has 234 valence electrons. The van der Waals surface area contributed by atoms with Gasteiger partial charge in [-0.2, -0.15) is 0 Å². The Balaban J connectivity index is 1.33. The first kappa shape index (κ1) is 30.2. The molecular weight excluding hydrogens is 576 g/mol. The molecule has 0 aliphatic heterocycles. The number of ether oxygens (including phenoxy) is 2. The lowest BCUT2D eigenvalue weighted by Gasteiger charge is -2.34. The van der Waals surface area contributed by atoms with E-state index in [1.807, 2.05) is 24.3 Å². The molecule has 0 heterocycles. The zero-order valence-electron chi connectivity index (χ0n) is 27.0. The van der Waals surface area contributed by atoms with Gasteiger partial charge < -0.3 is 20.9 Å². The van der Waals surface area contributed by atoms with Crippen molar-refractivity contribution < 1.29 is 9.47 Å².